The van der Waals surface area contributed by atoms with Crippen LogP contribution in [0.2, 0.25) is 0 Å². The molecule has 2 aromatic rings. The van der Waals surface area contributed by atoms with Gasteiger partial charge in [0, 0.05) is 44.4 Å². The van der Waals surface area contributed by atoms with Crippen molar-refractivity contribution in [3.63, 3.8) is 0 Å². The van der Waals surface area contributed by atoms with Crippen molar-refractivity contribution in [3.05, 3.63) is 42.5 Å². The van der Waals surface area contributed by atoms with Crippen molar-refractivity contribution in [2.24, 2.45) is 0 Å². The third-order valence-electron chi connectivity index (χ3n) is 4.07. The third-order valence-corrected chi connectivity index (χ3v) is 4.07. The Morgan fingerprint density at radius 3 is 2.25 bits per heavy atom. The third kappa shape index (κ3) is 3.43. The zero-order valence-corrected chi connectivity index (χ0v) is 13.4. The van der Waals surface area contributed by atoms with E-state index in [0.717, 1.165) is 5.69 Å². The van der Waals surface area contributed by atoms with Gasteiger partial charge in [-0.05, 0) is 24.3 Å². The minimum absolute atomic E-state index is 0.0957. The summed E-state index contributed by atoms with van der Waals surface area (Å²) in [4.78, 5) is 27.3. The summed E-state index contributed by atoms with van der Waals surface area (Å²) in [6, 6.07) is 7.09. The fourth-order valence-corrected chi connectivity index (χ4v) is 2.75. The number of hydrogen-bond donors (Lipinski definition) is 1. The SMILES string of the molecule is CC(=O)N1CCN(C(=O)c2ccc(-n3cnnc3)cc2)C[C@@H](O)C1. The van der Waals surface area contributed by atoms with Crippen molar-refractivity contribution in [2.45, 2.75) is 13.0 Å². The molecule has 24 heavy (non-hydrogen) atoms. The van der Waals surface area contributed by atoms with Gasteiger partial charge in [-0.1, -0.05) is 0 Å². The molecule has 0 radical (unpaired) electrons. The lowest BCUT2D eigenvalue weighted by Gasteiger charge is -2.21. The molecule has 2 amide bonds. The van der Waals surface area contributed by atoms with E-state index in [9.17, 15) is 14.7 Å². The lowest BCUT2D eigenvalue weighted by atomic mass is 10.1. The summed E-state index contributed by atoms with van der Waals surface area (Å²) < 4.78 is 1.74. The van der Waals surface area contributed by atoms with Crippen LogP contribution in [0.25, 0.3) is 5.69 Å². The number of β-amino-alcohol motifs (C(OH)–C–C–N with tert-alkyl or cyclic N) is 1. The highest BCUT2D eigenvalue weighted by atomic mass is 16.3. The highest BCUT2D eigenvalue weighted by molar-refractivity contribution is 5.94. The number of benzene rings is 1. The number of hydrogen-bond acceptors (Lipinski definition) is 5. The van der Waals surface area contributed by atoms with Crippen LogP contribution < -0.4 is 0 Å². The van der Waals surface area contributed by atoms with Crippen molar-refractivity contribution in [3.8, 4) is 5.69 Å². The van der Waals surface area contributed by atoms with E-state index < -0.39 is 6.10 Å². The summed E-state index contributed by atoms with van der Waals surface area (Å²) in [7, 11) is 0. The van der Waals surface area contributed by atoms with E-state index in [4.69, 9.17) is 0 Å². The number of aliphatic hydroxyl groups excluding tert-OH is 1. The van der Waals surface area contributed by atoms with Crippen LogP contribution in [0.1, 0.15) is 17.3 Å². The molecule has 1 N–H and O–H groups in total. The van der Waals surface area contributed by atoms with Crippen molar-refractivity contribution in [1.82, 2.24) is 24.6 Å². The van der Waals surface area contributed by atoms with Gasteiger partial charge in [0.2, 0.25) is 5.91 Å². The van der Waals surface area contributed by atoms with Gasteiger partial charge in [-0.3, -0.25) is 14.2 Å². The molecule has 0 aliphatic carbocycles. The molecular weight excluding hydrogens is 310 g/mol. The molecule has 8 heteroatoms. The number of nitrogens with zero attached hydrogens (tertiary/aromatic N) is 5. The maximum Gasteiger partial charge on any atom is 0.254 e. The average Bonchev–Trinajstić information content (AvgIpc) is 3.03. The Hall–Kier alpha value is -2.74. The molecule has 0 saturated carbocycles. The monoisotopic (exact) mass is 329 g/mol. The van der Waals surface area contributed by atoms with Crippen LogP contribution in [-0.2, 0) is 4.79 Å². The second kappa shape index (κ2) is 6.79. The molecule has 1 saturated heterocycles. The summed E-state index contributed by atoms with van der Waals surface area (Å²) in [5.74, 6) is -0.253. The first kappa shape index (κ1) is 16.1. The largest absolute Gasteiger partial charge is 0.389 e. The zero-order chi connectivity index (χ0) is 17.1. The molecule has 1 aliphatic rings. The smallest absolute Gasteiger partial charge is 0.254 e. The van der Waals surface area contributed by atoms with E-state index >= 15 is 0 Å². The number of amides is 2. The Kier molecular flexibility index (Phi) is 4.57. The molecule has 8 nitrogen and oxygen atoms in total. The van der Waals surface area contributed by atoms with Gasteiger partial charge in [0.25, 0.3) is 5.91 Å². The van der Waals surface area contributed by atoms with Gasteiger partial charge in [-0.2, -0.15) is 0 Å². The molecule has 0 spiro atoms. The second-order valence-corrected chi connectivity index (χ2v) is 5.79. The van der Waals surface area contributed by atoms with Crippen LogP contribution >= 0.6 is 0 Å². The fourth-order valence-electron chi connectivity index (χ4n) is 2.75. The lowest BCUT2D eigenvalue weighted by molar-refractivity contribution is -0.129. The van der Waals surface area contributed by atoms with Crippen LogP contribution in [0.5, 0.6) is 0 Å². The van der Waals surface area contributed by atoms with Gasteiger partial charge in [-0.15, -0.1) is 10.2 Å². The molecule has 3 rings (SSSR count). The molecule has 126 valence electrons. The van der Waals surface area contributed by atoms with Gasteiger partial charge in [-0.25, -0.2) is 0 Å². The van der Waals surface area contributed by atoms with Crippen molar-refractivity contribution in [2.75, 3.05) is 26.2 Å². The molecule has 2 heterocycles. The molecule has 1 aliphatic heterocycles. The van der Waals surface area contributed by atoms with Crippen LogP contribution in [0.3, 0.4) is 0 Å². The van der Waals surface area contributed by atoms with Gasteiger partial charge in [0.1, 0.15) is 12.7 Å². The van der Waals surface area contributed by atoms with Crippen LogP contribution in [0, 0.1) is 0 Å². The predicted molar refractivity (Wildman–Crippen MR) is 85.5 cm³/mol. The van der Waals surface area contributed by atoms with Gasteiger partial charge >= 0.3 is 0 Å². The standard InChI is InChI=1S/C16H19N5O3/c1-12(22)19-6-7-20(9-15(23)8-19)16(24)13-2-4-14(5-3-13)21-10-17-18-11-21/h2-5,10-11,15,23H,6-9H2,1H3/t15-/m0/s1. The Morgan fingerprint density at radius 2 is 1.62 bits per heavy atom. The summed E-state index contributed by atoms with van der Waals surface area (Å²) >= 11 is 0. The molecular formula is C16H19N5O3. The van der Waals surface area contributed by atoms with Gasteiger partial charge in [0.15, 0.2) is 0 Å². The Balaban J connectivity index is 1.72. The quantitative estimate of drug-likeness (QED) is 0.833. The van der Waals surface area contributed by atoms with E-state index in [1.165, 1.54) is 6.92 Å². The highest BCUT2D eigenvalue weighted by Gasteiger charge is 2.26. The number of aromatic nitrogens is 3. The van der Waals surface area contributed by atoms with E-state index in [2.05, 4.69) is 10.2 Å². The predicted octanol–water partition coefficient (Wildman–Crippen LogP) is -0.0675. The Bertz CT molecular complexity index is 714. The second-order valence-electron chi connectivity index (χ2n) is 5.79. The van der Waals surface area contributed by atoms with E-state index in [1.54, 1.807) is 39.2 Å². The summed E-state index contributed by atoms with van der Waals surface area (Å²) in [6.45, 7) is 2.77. The maximum atomic E-state index is 12.7. The zero-order valence-electron chi connectivity index (χ0n) is 13.4. The first-order valence-electron chi connectivity index (χ1n) is 7.72. The molecule has 1 fully saturated rings. The number of carbonyl (C=O) groups excluding carboxylic acids is 2. The van der Waals surface area contributed by atoms with Gasteiger partial charge in [0.05, 0.1) is 6.10 Å². The fraction of sp³-hybridized carbons (Fsp3) is 0.375. The number of carbonyl (C=O) groups is 2. The number of rotatable bonds is 2. The topological polar surface area (TPSA) is 91.6 Å². The Labute approximate surface area is 139 Å². The van der Waals surface area contributed by atoms with Crippen molar-refractivity contribution >= 4 is 11.8 Å². The lowest BCUT2D eigenvalue weighted by Crippen LogP contribution is -2.37. The molecule has 1 aromatic carbocycles. The number of aliphatic hydroxyl groups is 1. The van der Waals surface area contributed by atoms with E-state index in [1.807, 2.05) is 12.1 Å². The first-order valence-corrected chi connectivity index (χ1v) is 7.72. The average molecular weight is 329 g/mol. The minimum Gasteiger partial charge on any atom is -0.389 e. The summed E-state index contributed by atoms with van der Waals surface area (Å²) in [6.07, 6.45) is 2.42. The van der Waals surface area contributed by atoms with Crippen molar-refractivity contribution in [1.29, 1.82) is 0 Å². The molecule has 0 unspecified atom stereocenters. The van der Waals surface area contributed by atoms with Crippen LogP contribution in [0.15, 0.2) is 36.9 Å². The van der Waals surface area contributed by atoms with Crippen molar-refractivity contribution < 1.29 is 14.7 Å². The summed E-state index contributed by atoms with van der Waals surface area (Å²) in [5, 5.41) is 17.5. The molecule has 1 aromatic heterocycles. The summed E-state index contributed by atoms with van der Waals surface area (Å²) in [5.41, 5.74) is 1.39. The first-order chi connectivity index (χ1) is 11.5. The van der Waals surface area contributed by atoms with E-state index in [0.29, 0.717) is 18.7 Å². The Morgan fingerprint density at radius 1 is 1.04 bits per heavy atom. The molecule has 1 atom stereocenters. The normalized spacial score (nSPS) is 18.3. The van der Waals surface area contributed by atoms with E-state index in [-0.39, 0.29) is 24.9 Å². The van der Waals surface area contributed by atoms with Crippen LogP contribution in [0.4, 0.5) is 0 Å². The highest BCUT2D eigenvalue weighted by Crippen LogP contribution is 2.13. The van der Waals surface area contributed by atoms with Crippen LogP contribution in [-0.4, -0.2) is 73.8 Å². The van der Waals surface area contributed by atoms with Gasteiger partial charge < -0.3 is 14.9 Å². The molecule has 0 bridgehead atoms. The minimum atomic E-state index is -0.739. The maximum absolute atomic E-state index is 12.7.